The standard InChI is InChI=1S/C22H20N2O6/c1-12-15(19(27)21(30-3)20(29-2)18(12)26)9-13-6-7-17(25)16(10-13)22(28)24-14-5-4-8-23-11-14/h4-8,10-11,25H,9H2,1-3H3,(H,24,28). The molecule has 0 saturated heterocycles. The van der Waals surface area contributed by atoms with E-state index in [1.165, 1.54) is 39.5 Å². The average molecular weight is 408 g/mol. The Morgan fingerprint density at radius 3 is 2.43 bits per heavy atom. The van der Waals surface area contributed by atoms with Gasteiger partial charge in [0.25, 0.3) is 5.91 Å². The number of hydrogen-bond donors (Lipinski definition) is 2. The van der Waals surface area contributed by atoms with E-state index in [9.17, 15) is 19.5 Å². The number of ether oxygens (including phenoxy) is 2. The first kappa shape index (κ1) is 20.8. The van der Waals surface area contributed by atoms with Gasteiger partial charge in [-0.25, -0.2) is 0 Å². The smallest absolute Gasteiger partial charge is 0.259 e. The Kier molecular flexibility index (Phi) is 5.96. The van der Waals surface area contributed by atoms with Gasteiger partial charge in [-0.3, -0.25) is 19.4 Å². The highest BCUT2D eigenvalue weighted by molar-refractivity contribution is 6.23. The molecule has 1 aliphatic carbocycles. The van der Waals surface area contributed by atoms with Crippen LogP contribution in [0.1, 0.15) is 22.8 Å². The molecule has 0 unspecified atom stereocenters. The van der Waals surface area contributed by atoms with Gasteiger partial charge in [0.05, 0.1) is 31.7 Å². The Morgan fingerprint density at radius 2 is 1.80 bits per heavy atom. The second-order valence-electron chi connectivity index (χ2n) is 6.55. The summed E-state index contributed by atoms with van der Waals surface area (Å²) in [7, 11) is 2.59. The summed E-state index contributed by atoms with van der Waals surface area (Å²) in [5.41, 5.74) is 1.55. The van der Waals surface area contributed by atoms with E-state index in [1.807, 2.05) is 0 Å². The second-order valence-corrected chi connectivity index (χ2v) is 6.55. The average Bonchev–Trinajstić information content (AvgIpc) is 2.75. The van der Waals surface area contributed by atoms with Gasteiger partial charge in [0, 0.05) is 23.8 Å². The molecule has 0 spiro atoms. The lowest BCUT2D eigenvalue weighted by molar-refractivity contribution is -0.121. The molecule has 0 fully saturated rings. The van der Waals surface area contributed by atoms with Crippen LogP contribution in [0.3, 0.4) is 0 Å². The van der Waals surface area contributed by atoms with Crippen LogP contribution in [0, 0.1) is 0 Å². The minimum atomic E-state index is -0.529. The lowest BCUT2D eigenvalue weighted by Gasteiger charge is -2.20. The lowest BCUT2D eigenvalue weighted by atomic mass is 9.88. The van der Waals surface area contributed by atoms with E-state index in [1.54, 1.807) is 24.4 Å². The molecule has 1 aromatic carbocycles. The molecular formula is C22H20N2O6. The fourth-order valence-electron chi connectivity index (χ4n) is 3.12. The normalized spacial score (nSPS) is 14.1. The van der Waals surface area contributed by atoms with E-state index in [2.05, 4.69) is 10.3 Å². The number of phenols is 1. The summed E-state index contributed by atoms with van der Waals surface area (Å²) in [6.45, 7) is 1.54. The number of phenolic OH excluding ortho intramolecular Hbond substituents is 1. The third-order valence-electron chi connectivity index (χ3n) is 4.70. The van der Waals surface area contributed by atoms with Gasteiger partial charge in [-0.2, -0.15) is 0 Å². The van der Waals surface area contributed by atoms with Gasteiger partial charge in [-0.15, -0.1) is 0 Å². The van der Waals surface area contributed by atoms with E-state index in [0.29, 0.717) is 11.3 Å². The van der Waals surface area contributed by atoms with Crippen LogP contribution < -0.4 is 5.32 Å². The van der Waals surface area contributed by atoms with Crippen LogP contribution in [0.5, 0.6) is 5.75 Å². The predicted molar refractivity (Wildman–Crippen MR) is 108 cm³/mol. The second kappa shape index (κ2) is 8.60. The molecule has 8 heteroatoms. The fraction of sp³-hybridized carbons (Fsp3) is 0.182. The molecule has 0 aliphatic heterocycles. The molecule has 0 atom stereocenters. The molecule has 1 amide bonds. The van der Waals surface area contributed by atoms with Crippen molar-refractivity contribution in [3.63, 3.8) is 0 Å². The summed E-state index contributed by atoms with van der Waals surface area (Å²) >= 11 is 0. The number of carbonyl (C=O) groups excluding carboxylic acids is 3. The summed E-state index contributed by atoms with van der Waals surface area (Å²) in [5.74, 6) is -1.92. The van der Waals surface area contributed by atoms with E-state index in [0.717, 1.165) is 0 Å². The molecule has 8 nitrogen and oxygen atoms in total. The monoisotopic (exact) mass is 408 g/mol. The van der Waals surface area contributed by atoms with E-state index < -0.39 is 17.5 Å². The van der Waals surface area contributed by atoms with Crippen LogP contribution in [-0.4, -0.2) is 41.8 Å². The first-order chi connectivity index (χ1) is 14.4. The molecule has 154 valence electrons. The van der Waals surface area contributed by atoms with Crippen molar-refractivity contribution >= 4 is 23.2 Å². The number of nitrogens with zero attached hydrogens (tertiary/aromatic N) is 1. The number of methoxy groups -OCH3 is 2. The number of amides is 1. The van der Waals surface area contributed by atoms with Crippen molar-refractivity contribution in [1.29, 1.82) is 0 Å². The van der Waals surface area contributed by atoms with Gasteiger partial charge in [0.15, 0.2) is 0 Å². The quantitative estimate of drug-likeness (QED) is 0.706. The Labute approximate surface area is 172 Å². The van der Waals surface area contributed by atoms with Crippen LogP contribution in [0.15, 0.2) is 65.4 Å². The molecule has 0 bridgehead atoms. The molecule has 0 saturated carbocycles. The first-order valence-electron chi connectivity index (χ1n) is 9.02. The number of aromatic nitrogens is 1. The summed E-state index contributed by atoms with van der Waals surface area (Å²) < 4.78 is 10.1. The topological polar surface area (TPSA) is 115 Å². The molecule has 0 radical (unpaired) electrons. The minimum absolute atomic E-state index is 0.0317. The number of ketones is 2. The number of allylic oxidation sites excluding steroid dienone is 2. The largest absolute Gasteiger partial charge is 0.507 e. The van der Waals surface area contributed by atoms with Crippen LogP contribution in [0.25, 0.3) is 0 Å². The van der Waals surface area contributed by atoms with Gasteiger partial charge in [-0.1, -0.05) is 6.07 Å². The van der Waals surface area contributed by atoms with Crippen LogP contribution in [0.4, 0.5) is 5.69 Å². The number of anilines is 1. The van der Waals surface area contributed by atoms with Crippen molar-refractivity contribution in [3.05, 3.63) is 76.5 Å². The highest BCUT2D eigenvalue weighted by atomic mass is 16.5. The summed E-state index contributed by atoms with van der Waals surface area (Å²) in [4.78, 5) is 41.8. The fourth-order valence-corrected chi connectivity index (χ4v) is 3.12. The molecule has 1 aliphatic rings. The van der Waals surface area contributed by atoms with Crippen molar-refractivity contribution in [3.8, 4) is 5.75 Å². The van der Waals surface area contributed by atoms with E-state index in [-0.39, 0.29) is 40.4 Å². The van der Waals surface area contributed by atoms with Crippen molar-refractivity contribution in [1.82, 2.24) is 4.98 Å². The van der Waals surface area contributed by atoms with Gasteiger partial charge in [0.2, 0.25) is 23.1 Å². The number of pyridine rings is 1. The Balaban J connectivity index is 1.90. The highest BCUT2D eigenvalue weighted by Gasteiger charge is 2.34. The number of nitrogens with one attached hydrogen (secondary N) is 1. The predicted octanol–water partition coefficient (Wildman–Crippen LogP) is 2.55. The maximum Gasteiger partial charge on any atom is 0.259 e. The lowest BCUT2D eigenvalue weighted by Crippen LogP contribution is -2.26. The van der Waals surface area contributed by atoms with Crippen molar-refractivity contribution in [2.75, 3.05) is 19.5 Å². The Bertz CT molecular complexity index is 1090. The number of carbonyl (C=O) groups is 3. The van der Waals surface area contributed by atoms with Crippen molar-refractivity contribution in [2.24, 2.45) is 0 Å². The third-order valence-corrected chi connectivity index (χ3v) is 4.70. The number of rotatable bonds is 6. The number of aromatic hydroxyl groups is 1. The number of hydrogen-bond acceptors (Lipinski definition) is 7. The number of benzene rings is 1. The van der Waals surface area contributed by atoms with Crippen LogP contribution in [0.2, 0.25) is 0 Å². The van der Waals surface area contributed by atoms with Gasteiger partial charge in [0.1, 0.15) is 5.75 Å². The van der Waals surface area contributed by atoms with Crippen LogP contribution in [-0.2, 0) is 25.5 Å². The van der Waals surface area contributed by atoms with E-state index in [4.69, 9.17) is 9.47 Å². The Morgan fingerprint density at radius 1 is 1.10 bits per heavy atom. The highest BCUT2D eigenvalue weighted by Crippen LogP contribution is 2.29. The molecule has 30 heavy (non-hydrogen) atoms. The van der Waals surface area contributed by atoms with Crippen molar-refractivity contribution in [2.45, 2.75) is 13.3 Å². The van der Waals surface area contributed by atoms with Crippen LogP contribution >= 0.6 is 0 Å². The van der Waals surface area contributed by atoms with E-state index >= 15 is 0 Å². The summed E-state index contributed by atoms with van der Waals surface area (Å²) in [6.07, 6.45) is 3.13. The third kappa shape index (κ3) is 3.93. The zero-order chi connectivity index (χ0) is 21.8. The van der Waals surface area contributed by atoms with Gasteiger partial charge < -0.3 is 19.9 Å². The maximum atomic E-state index is 12.8. The first-order valence-corrected chi connectivity index (χ1v) is 9.02. The van der Waals surface area contributed by atoms with Gasteiger partial charge >= 0.3 is 0 Å². The molecule has 1 aromatic heterocycles. The number of Topliss-reactive ketones (excluding diaryl/α,β-unsaturated/α-hetero) is 2. The minimum Gasteiger partial charge on any atom is -0.507 e. The Hall–Kier alpha value is -3.94. The summed E-state index contributed by atoms with van der Waals surface area (Å²) in [5, 5.41) is 12.8. The molecule has 1 heterocycles. The summed E-state index contributed by atoms with van der Waals surface area (Å²) in [6, 6.07) is 7.75. The van der Waals surface area contributed by atoms with Crippen molar-refractivity contribution < 1.29 is 29.0 Å². The zero-order valence-corrected chi connectivity index (χ0v) is 16.7. The van der Waals surface area contributed by atoms with Gasteiger partial charge in [-0.05, 0) is 36.8 Å². The molecule has 2 aromatic rings. The zero-order valence-electron chi connectivity index (χ0n) is 16.7. The maximum absolute atomic E-state index is 12.8. The molecule has 3 rings (SSSR count). The SMILES string of the molecule is COC1=C(OC)C(=O)C(Cc2ccc(O)c(C(=O)Nc3cccnc3)c2)=C(C)C1=O. The molecule has 2 N–H and O–H groups in total. The molecular weight excluding hydrogens is 388 g/mol.